The fourth-order valence-corrected chi connectivity index (χ4v) is 2.06. The van der Waals surface area contributed by atoms with Crippen molar-refractivity contribution < 1.29 is 0 Å². The molecular formula is C13H26N4. The minimum atomic E-state index is 0.353. The Bertz CT molecular complexity index is 295. The predicted octanol–water partition coefficient (Wildman–Crippen LogP) is 2.15. The highest BCUT2D eigenvalue weighted by Crippen LogP contribution is 2.10. The van der Waals surface area contributed by atoms with Gasteiger partial charge < -0.3 is 0 Å². The third-order valence-corrected chi connectivity index (χ3v) is 3.12. The normalized spacial score (nSPS) is 12.9. The molecule has 0 saturated carbocycles. The highest BCUT2D eigenvalue weighted by molar-refractivity contribution is 5.00. The van der Waals surface area contributed by atoms with Gasteiger partial charge in [-0.3, -0.25) is 16.0 Å². The van der Waals surface area contributed by atoms with Gasteiger partial charge in [-0.25, -0.2) is 0 Å². The van der Waals surface area contributed by atoms with Crippen molar-refractivity contribution in [2.24, 2.45) is 12.9 Å². The Balaban J connectivity index is 2.19. The van der Waals surface area contributed by atoms with E-state index in [0.717, 1.165) is 18.5 Å². The van der Waals surface area contributed by atoms with E-state index < -0.39 is 0 Å². The Labute approximate surface area is 105 Å². The Morgan fingerprint density at radius 2 is 2.12 bits per heavy atom. The van der Waals surface area contributed by atoms with Gasteiger partial charge in [0.1, 0.15) is 0 Å². The molecule has 0 spiro atoms. The second-order valence-electron chi connectivity index (χ2n) is 4.75. The van der Waals surface area contributed by atoms with Crippen LogP contribution < -0.4 is 11.3 Å². The first-order valence-corrected chi connectivity index (χ1v) is 6.71. The van der Waals surface area contributed by atoms with Gasteiger partial charge >= 0.3 is 0 Å². The highest BCUT2D eigenvalue weighted by atomic mass is 15.3. The molecule has 0 amide bonds. The van der Waals surface area contributed by atoms with Gasteiger partial charge in [0.2, 0.25) is 0 Å². The fraction of sp³-hybridized carbons (Fsp3) is 0.769. The fourth-order valence-electron chi connectivity index (χ4n) is 2.06. The molecule has 17 heavy (non-hydrogen) atoms. The monoisotopic (exact) mass is 238 g/mol. The van der Waals surface area contributed by atoms with Crippen LogP contribution in [0.3, 0.4) is 0 Å². The minimum Gasteiger partial charge on any atom is -0.276 e. The molecule has 0 aliphatic carbocycles. The van der Waals surface area contributed by atoms with Gasteiger partial charge in [0.25, 0.3) is 0 Å². The van der Waals surface area contributed by atoms with E-state index in [1.807, 2.05) is 17.9 Å². The molecule has 1 aromatic heterocycles. The summed E-state index contributed by atoms with van der Waals surface area (Å²) in [4.78, 5) is 0. The third kappa shape index (κ3) is 5.84. The van der Waals surface area contributed by atoms with Gasteiger partial charge in [-0.05, 0) is 12.5 Å². The van der Waals surface area contributed by atoms with Crippen LogP contribution >= 0.6 is 0 Å². The molecule has 1 aromatic rings. The van der Waals surface area contributed by atoms with Gasteiger partial charge in [-0.1, -0.05) is 39.0 Å². The number of aromatic nitrogens is 2. The maximum absolute atomic E-state index is 5.58. The number of hydrogen-bond donors (Lipinski definition) is 2. The average Bonchev–Trinajstić information content (AvgIpc) is 2.73. The zero-order valence-corrected chi connectivity index (χ0v) is 11.2. The molecular weight excluding hydrogens is 212 g/mol. The van der Waals surface area contributed by atoms with Crippen molar-refractivity contribution in [1.82, 2.24) is 15.2 Å². The predicted molar refractivity (Wildman–Crippen MR) is 71.4 cm³/mol. The summed E-state index contributed by atoms with van der Waals surface area (Å²) < 4.78 is 1.84. The number of unbranched alkanes of at least 4 members (excludes halogenated alkanes) is 4. The third-order valence-electron chi connectivity index (χ3n) is 3.12. The van der Waals surface area contributed by atoms with Crippen molar-refractivity contribution in [3.05, 3.63) is 18.0 Å². The van der Waals surface area contributed by atoms with E-state index in [2.05, 4.69) is 23.5 Å². The van der Waals surface area contributed by atoms with Crippen LogP contribution in [0.5, 0.6) is 0 Å². The maximum Gasteiger partial charge on any atom is 0.0640 e. The lowest BCUT2D eigenvalue weighted by atomic mass is 10.0. The van der Waals surface area contributed by atoms with Crippen molar-refractivity contribution in [1.29, 1.82) is 0 Å². The molecule has 4 nitrogen and oxygen atoms in total. The quantitative estimate of drug-likeness (QED) is 0.394. The van der Waals surface area contributed by atoms with Crippen molar-refractivity contribution in [2.75, 3.05) is 0 Å². The summed E-state index contributed by atoms with van der Waals surface area (Å²) >= 11 is 0. The van der Waals surface area contributed by atoms with E-state index in [1.54, 1.807) is 0 Å². The summed E-state index contributed by atoms with van der Waals surface area (Å²) in [6.45, 7) is 2.24. The zero-order chi connectivity index (χ0) is 12.5. The first-order chi connectivity index (χ1) is 8.26. The van der Waals surface area contributed by atoms with E-state index in [4.69, 9.17) is 5.84 Å². The Hall–Kier alpha value is -0.870. The van der Waals surface area contributed by atoms with Gasteiger partial charge in [0, 0.05) is 25.7 Å². The molecule has 1 unspecified atom stereocenters. The molecule has 1 atom stereocenters. The second-order valence-corrected chi connectivity index (χ2v) is 4.75. The van der Waals surface area contributed by atoms with E-state index in [9.17, 15) is 0 Å². The number of hydrogen-bond acceptors (Lipinski definition) is 3. The largest absolute Gasteiger partial charge is 0.276 e. The molecule has 4 heteroatoms. The minimum absolute atomic E-state index is 0.353. The first kappa shape index (κ1) is 14.2. The van der Waals surface area contributed by atoms with E-state index in [1.165, 1.54) is 32.1 Å². The number of nitrogens with two attached hydrogens (primary N) is 1. The molecule has 0 aromatic carbocycles. The lowest BCUT2D eigenvalue weighted by Crippen LogP contribution is -2.36. The van der Waals surface area contributed by atoms with E-state index in [0.29, 0.717) is 6.04 Å². The van der Waals surface area contributed by atoms with Gasteiger partial charge in [0.05, 0.1) is 5.69 Å². The van der Waals surface area contributed by atoms with Crippen LogP contribution in [0.25, 0.3) is 0 Å². The summed E-state index contributed by atoms with van der Waals surface area (Å²) in [7, 11) is 1.94. The molecule has 98 valence electrons. The number of aryl methyl sites for hydroxylation is 1. The Morgan fingerprint density at radius 1 is 1.35 bits per heavy atom. The van der Waals surface area contributed by atoms with Crippen LogP contribution in [0, 0.1) is 0 Å². The smallest absolute Gasteiger partial charge is 0.0640 e. The van der Waals surface area contributed by atoms with E-state index >= 15 is 0 Å². The van der Waals surface area contributed by atoms with Crippen LogP contribution in [-0.2, 0) is 13.5 Å². The lowest BCUT2D eigenvalue weighted by Gasteiger charge is -2.14. The molecule has 1 rings (SSSR count). The molecule has 0 aliphatic heterocycles. The molecule has 0 fully saturated rings. The SMILES string of the molecule is CCCCCCCC(Cc1ccn(C)n1)NN. The molecule has 0 aliphatic rings. The van der Waals surface area contributed by atoms with Crippen molar-refractivity contribution in [2.45, 2.75) is 57.9 Å². The summed E-state index contributed by atoms with van der Waals surface area (Å²) in [5, 5.41) is 4.38. The number of nitrogens with one attached hydrogen (secondary N) is 1. The van der Waals surface area contributed by atoms with E-state index in [-0.39, 0.29) is 0 Å². The Morgan fingerprint density at radius 3 is 2.71 bits per heavy atom. The highest BCUT2D eigenvalue weighted by Gasteiger charge is 2.09. The summed E-state index contributed by atoms with van der Waals surface area (Å²) in [6, 6.07) is 2.41. The summed E-state index contributed by atoms with van der Waals surface area (Å²) in [5.41, 5.74) is 4.02. The molecule has 0 radical (unpaired) electrons. The average molecular weight is 238 g/mol. The number of hydrazine groups is 1. The van der Waals surface area contributed by atoms with Crippen LogP contribution in [0.1, 0.15) is 51.1 Å². The van der Waals surface area contributed by atoms with Crippen molar-refractivity contribution in [3.63, 3.8) is 0 Å². The number of rotatable bonds is 9. The zero-order valence-electron chi connectivity index (χ0n) is 11.2. The van der Waals surface area contributed by atoms with Gasteiger partial charge in [-0.2, -0.15) is 5.10 Å². The molecule has 3 N–H and O–H groups in total. The van der Waals surface area contributed by atoms with Gasteiger partial charge in [-0.15, -0.1) is 0 Å². The first-order valence-electron chi connectivity index (χ1n) is 6.71. The van der Waals surface area contributed by atoms with Crippen LogP contribution in [0.2, 0.25) is 0 Å². The lowest BCUT2D eigenvalue weighted by molar-refractivity contribution is 0.456. The molecule has 0 bridgehead atoms. The van der Waals surface area contributed by atoms with Crippen molar-refractivity contribution >= 4 is 0 Å². The molecule has 0 saturated heterocycles. The Kier molecular flexibility index (Phi) is 6.89. The summed E-state index contributed by atoms with van der Waals surface area (Å²) in [6.07, 6.45) is 10.6. The topological polar surface area (TPSA) is 55.9 Å². The van der Waals surface area contributed by atoms with Crippen molar-refractivity contribution in [3.8, 4) is 0 Å². The van der Waals surface area contributed by atoms with Crippen LogP contribution in [0.15, 0.2) is 12.3 Å². The van der Waals surface area contributed by atoms with Crippen LogP contribution in [0.4, 0.5) is 0 Å². The van der Waals surface area contributed by atoms with Gasteiger partial charge in [0.15, 0.2) is 0 Å². The number of nitrogens with zero attached hydrogens (tertiary/aromatic N) is 2. The maximum atomic E-state index is 5.58. The van der Waals surface area contributed by atoms with Crippen LogP contribution in [-0.4, -0.2) is 15.8 Å². The molecule has 1 heterocycles. The standard InChI is InChI=1S/C13H26N4/c1-3-4-5-6-7-8-12(15-14)11-13-9-10-17(2)16-13/h9-10,12,15H,3-8,11,14H2,1-2H3. The summed E-state index contributed by atoms with van der Waals surface area (Å²) in [5.74, 6) is 5.58. The second kappa shape index (κ2) is 8.25.